The van der Waals surface area contributed by atoms with Crippen molar-refractivity contribution in [2.45, 2.75) is 37.5 Å². The van der Waals surface area contributed by atoms with Crippen LogP contribution in [-0.2, 0) is 27.5 Å². The van der Waals surface area contributed by atoms with E-state index in [2.05, 4.69) is 5.32 Å². The third kappa shape index (κ3) is 5.29. The number of halogens is 4. The summed E-state index contributed by atoms with van der Waals surface area (Å²) in [4.78, 5) is 11.2. The predicted octanol–water partition coefficient (Wildman–Crippen LogP) is 3.14. The van der Waals surface area contributed by atoms with E-state index in [-0.39, 0.29) is 6.54 Å². The fourth-order valence-electron chi connectivity index (χ4n) is 2.44. The molecule has 0 aliphatic rings. The highest BCUT2D eigenvalue weighted by atomic mass is 32.2. The molecule has 0 spiro atoms. The number of hydrogen-bond donors (Lipinski definition) is 2. The van der Waals surface area contributed by atoms with Gasteiger partial charge in [0.15, 0.2) is 0 Å². The maximum atomic E-state index is 13.2. The summed E-state index contributed by atoms with van der Waals surface area (Å²) in [5.74, 6) is -1.14. The zero-order chi connectivity index (χ0) is 21.1. The number of sulfonamides is 1. The minimum Gasteiger partial charge on any atom is -0.351 e. The van der Waals surface area contributed by atoms with E-state index in [1.54, 1.807) is 6.92 Å². The lowest BCUT2D eigenvalue weighted by molar-refractivity contribution is -0.139. The van der Waals surface area contributed by atoms with Crippen molar-refractivity contribution in [2.75, 3.05) is 0 Å². The van der Waals surface area contributed by atoms with Crippen LogP contribution in [0.1, 0.15) is 23.6 Å². The highest BCUT2D eigenvalue weighted by Gasteiger charge is 2.37. The fourth-order valence-corrected chi connectivity index (χ4v) is 3.87. The van der Waals surface area contributed by atoms with Crippen LogP contribution < -0.4 is 10.0 Å². The van der Waals surface area contributed by atoms with E-state index in [4.69, 9.17) is 0 Å². The molecule has 5 nitrogen and oxygen atoms in total. The molecule has 0 heterocycles. The Morgan fingerprint density at radius 3 is 2.39 bits per heavy atom. The normalized spacial score (nSPS) is 13.2. The molecule has 2 rings (SSSR count). The van der Waals surface area contributed by atoms with E-state index in [0.717, 1.165) is 18.2 Å². The molecule has 0 aliphatic heterocycles. The zero-order valence-electron chi connectivity index (χ0n) is 15.0. The van der Waals surface area contributed by atoms with Gasteiger partial charge in [-0.25, -0.2) is 12.8 Å². The molecule has 1 atom stereocenters. The molecule has 0 saturated carbocycles. The predicted molar refractivity (Wildman–Crippen MR) is 94.2 cm³/mol. The Bertz CT molecular complexity index is 975. The molecule has 2 N–H and O–H groups in total. The van der Waals surface area contributed by atoms with Crippen molar-refractivity contribution < 1.29 is 30.8 Å². The molecule has 152 valence electrons. The molecule has 0 saturated heterocycles. The lowest BCUT2D eigenvalue weighted by atomic mass is 10.1. The number of rotatable bonds is 6. The van der Waals surface area contributed by atoms with E-state index in [9.17, 15) is 30.8 Å². The number of aryl methyl sites for hydroxylation is 1. The molecule has 0 aliphatic carbocycles. The summed E-state index contributed by atoms with van der Waals surface area (Å²) in [5.41, 5.74) is -0.356. The molecule has 28 heavy (non-hydrogen) atoms. The first-order valence-electron chi connectivity index (χ1n) is 8.13. The molecular weight excluding hydrogens is 400 g/mol. The van der Waals surface area contributed by atoms with E-state index in [1.165, 1.54) is 25.1 Å². The largest absolute Gasteiger partial charge is 0.417 e. The third-order valence-electron chi connectivity index (χ3n) is 3.90. The van der Waals surface area contributed by atoms with Crippen molar-refractivity contribution in [1.82, 2.24) is 10.0 Å². The monoisotopic (exact) mass is 418 g/mol. The summed E-state index contributed by atoms with van der Waals surface area (Å²) >= 11 is 0. The quantitative estimate of drug-likeness (QED) is 0.708. The van der Waals surface area contributed by atoms with Gasteiger partial charge >= 0.3 is 6.18 Å². The first kappa shape index (κ1) is 21.8. The van der Waals surface area contributed by atoms with Crippen LogP contribution in [0.5, 0.6) is 0 Å². The molecule has 0 aromatic heterocycles. The molecule has 2 aromatic carbocycles. The lowest BCUT2D eigenvalue weighted by Gasteiger charge is -2.17. The van der Waals surface area contributed by atoms with Gasteiger partial charge in [-0.1, -0.05) is 24.3 Å². The van der Waals surface area contributed by atoms with Gasteiger partial charge in [0, 0.05) is 6.54 Å². The summed E-state index contributed by atoms with van der Waals surface area (Å²) < 4.78 is 79.0. The molecule has 10 heteroatoms. The van der Waals surface area contributed by atoms with Crippen LogP contribution in [0, 0.1) is 12.7 Å². The standard InChI is InChI=1S/C18H18F4N2O3S/c1-11-9-13(7-8-15(11)19)10-23-17(25)12(2)24-28(26,27)16-6-4-3-5-14(16)18(20,21)22/h3-9,12,24H,10H2,1-2H3,(H,23,25)/t12-/m0/s1. The van der Waals surface area contributed by atoms with Crippen LogP contribution in [0.25, 0.3) is 0 Å². The molecule has 0 bridgehead atoms. The van der Waals surface area contributed by atoms with Crippen LogP contribution in [0.2, 0.25) is 0 Å². The number of carbonyl (C=O) groups is 1. The molecule has 2 aromatic rings. The van der Waals surface area contributed by atoms with Crippen molar-refractivity contribution >= 4 is 15.9 Å². The highest BCUT2D eigenvalue weighted by molar-refractivity contribution is 7.89. The van der Waals surface area contributed by atoms with E-state index in [1.807, 2.05) is 4.72 Å². The Balaban J connectivity index is 2.10. The Kier molecular flexibility index (Phi) is 6.45. The maximum Gasteiger partial charge on any atom is 0.417 e. The average Bonchev–Trinajstić information content (AvgIpc) is 2.61. The van der Waals surface area contributed by atoms with Gasteiger partial charge in [0.2, 0.25) is 15.9 Å². The maximum absolute atomic E-state index is 13.2. The van der Waals surface area contributed by atoms with E-state index in [0.29, 0.717) is 17.2 Å². The SMILES string of the molecule is Cc1cc(CNC(=O)[C@H](C)NS(=O)(=O)c2ccccc2C(F)(F)F)ccc1F. The smallest absolute Gasteiger partial charge is 0.351 e. The molecule has 0 unspecified atom stereocenters. The summed E-state index contributed by atoms with van der Waals surface area (Å²) in [5, 5.41) is 2.45. The Morgan fingerprint density at radius 2 is 1.79 bits per heavy atom. The van der Waals surface area contributed by atoms with Crippen LogP contribution in [0.4, 0.5) is 17.6 Å². The van der Waals surface area contributed by atoms with Crippen LogP contribution in [-0.4, -0.2) is 20.4 Å². The molecule has 0 fully saturated rings. The van der Waals surface area contributed by atoms with E-state index >= 15 is 0 Å². The van der Waals surface area contributed by atoms with Crippen LogP contribution in [0.3, 0.4) is 0 Å². The van der Waals surface area contributed by atoms with Gasteiger partial charge < -0.3 is 5.32 Å². The summed E-state index contributed by atoms with van der Waals surface area (Å²) in [6, 6.07) is 6.58. The Hall–Kier alpha value is -2.46. The number of amides is 1. The van der Waals surface area contributed by atoms with E-state index < -0.39 is 44.4 Å². The number of nitrogens with one attached hydrogen (secondary N) is 2. The minimum absolute atomic E-state index is 0.00512. The minimum atomic E-state index is -4.86. The number of alkyl halides is 3. The van der Waals surface area contributed by atoms with Crippen molar-refractivity contribution in [3.63, 3.8) is 0 Å². The van der Waals surface area contributed by atoms with Gasteiger partial charge in [0.05, 0.1) is 16.5 Å². The van der Waals surface area contributed by atoms with Gasteiger partial charge in [0.1, 0.15) is 5.82 Å². The van der Waals surface area contributed by atoms with Crippen molar-refractivity contribution in [1.29, 1.82) is 0 Å². The third-order valence-corrected chi connectivity index (χ3v) is 5.50. The van der Waals surface area contributed by atoms with Crippen LogP contribution >= 0.6 is 0 Å². The Labute approximate surface area is 159 Å². The first-order valence-corrected chi connectivity index (χ1v) is 9.61. The second-order valence-electron chi connectivity index (χ2n) is 6.14. The van der Waals surface area contributed by atoms with Gasteiger partial charge in [-0.3, -0.25) is 4.79 Å². The number of carbonyl (C=O) groups excluding carboxylic acids is 1. The summed E-state index contributed by atoms with van der Waals surface area (Å²) in [6.07, 6.45) is -4.86. The fraction of sp³-hybridized carbons (Fsp3) is 0.278. The summed E-state index contributed by atoms with van der Waals surface area (Å²) in [6.45, 7) is 2.76. The molecular formula is C18H18F4N2O3S. The van der Waals surface area contributed by atoms with Gasteiger partial charge in [-0.05, 0) is 43.2 Å². The van der Waals surface area contributed by atoms with Crippen molar-refractivity contribution in [2.24, 2.45) is 0 Å². The van der Waals surface area contributed by atoms with Crippen molar-refractivity contribution in [3.8, 4) is 0 Å². The number of benzene rings is 2. The molecule has 1 amide bonds. The highest BCUT2D eigenvalue weighted by Crippen LogP contribution is 2.33. The topological polar surface area (TPSA) is 75.3 Å². The van der Waals surface area contributed by atoms with Gasteiger partial charge in [0.25, 0.3) is 0 Å². The van der Waals surface area contributed by atoms with Crippen LogP contribution in [0.15, 0.2) is 47.4 Å². The second-order valence-corrected chi connectivity index (χ2v) is 7.82. The zero-order valence-corrected chi connectivity index (χ0v) is 15.8. The second kappa shape index (κ2) is 8.27. The average molecular weight is 418 g/mol. The molecule has 0 radical (unpaired) electrons. The van der Waals surface area contributed by atoms with Gasteiger partial charge in [-0.15, -0.1) is 0 Å². The Morgan fingerprint density at radius 1 is 1.14 bits per heavy atom. The summed E-state index contributed by atoms with van der Waals surface area (Å²) in [7, 11) is -4.59. The van der Waals surface area contributed by atoms with Gasteiger partial charge in [-0.2, -0.15) is 17.9 Å². The van der Waals surface area contributed by atoms with Crippen molar-refractivity contribution in [3.05, 3.63) is 65.0 Å². The number of hydrogen-bond acceptors (Lipinski definition) is 3. The lowest BCUT2D eigenvalue weighted by Crippen LogP contribution is -2.44. The first-order chi connectivity index (χ1) is 12.9.